The summed E-state index contributed by atoms with van der Waals surface area (Å²) in [6.07, 6.45) is 2.04. The zero-order valence-corrected chi connectivity index (χ0v) is 24.1. The quantitative estimate of drug-likeness (QED) is 0.302. The molecule has 1 saturated heterocycles. The third kappa shape index (κ3) is 3.48. The van der Waals surface area contributed by atoms with Crippen molar-refractivity contribution in [1.82, 2.24) is 0 Å². The van der Waals surface area contributed by atoms with E-state index < -0.39 is 23.4 Å². The molecule has 4 aliphatic rings. The topological polar surface area (TPSA) is 94.2 Å². The van der Waals surface area contributed by atoms with E-state index in [1.54, 1.807) is 49.6 Å². The van der Waals surface area contributed by atoms with Gasteiger partial charge in [-0.05, 0) is 60.5 Å². The number of ketones is 2. The number of anilines is 2. The minimum atomic E-state index is -1.40. The lowest BCUT2D eigenvalue weighted by molar-refractivity contribution is -0.121. The van der Waals surface area contributed by atoms with Crippen LogP contribution in [0.5, 0.6) is 17.2 Å². The van der Waals surface area contributed by atoms with Gasteiger partial charge < -0.3 is 24.4 Å². The van der Waals surface area contributed by atoms with Crippen molar-refractivity contribution < 1.29 is 28.6 Å². The maximum absolute atomic E-state index is 15.1. The number of methoxy groups -OCH3 is 1. The van der Waals surface area contributed by atoms with Gasteiger partial charge in [-0.2, -0.15) is 0 Å². The Morgan fingerprint density at radius 1 is 0.886 bits per heavy atom. The zero-order chi connectivity index (χ0) is 30.2. The number of hydrogen-bond donors (Lipinski definition) is 1. The third-order valence-corrected chi connectivity index (χ3v) is 9.45. The van der Waals surface area contributed by atoms with Gasteiger partial charge in [-0.3, -0.25) is 14.4 Å². The molecule has 1 fully saturated rings. The van der Waals surface area contributed by atoms with Crippen LogP contribution in [0.2, 0.25) is 0 Å². The van der Waals surface area contributed by atoms with Crippen LogP contribution in [0.4, 0.5) is 11.4 Å². The van der Waals surface area contributed by atoms with E-state index in [1.165, 1.54) is 0 Å². The van der Waals surface area contributed by atoms with Crippen molar-refractivity contribution in [2.24, 2.45) is 5.92 Å². The number of rotatable bonds is 5. The average Bonchev–Trinajstić information content (AvgIpc) is 3.73. The molecule has 0 saturated carbocycles. The van der Waals surface area contributed by atoms with Gasteiger partial charge in [0.05, 0.1) is 19.1 Å². The SMILES string of the molecule is COc1cccc(C(=O)[C@H]2[C@@H](C(=O)c3ccc4c(c3)OCO4)[C@]3(C(=O)Nc4ccccc43)[C@@H]3C=C(C)c4ccccc4N32)c1. The van der Waals surface area contributed by atoms with E-state index in [0.717, 1.165) is 16.8 Å². The molecular formula is C36H28N2O6. The van der Waals surface area contributed by atoms with Crippen LogP contribution in [0.15, 0.2) is 97.1 Å². The summed E-state index contributed by atoms with van der Waals surface area (Å²) in [5.41, 5.74) is 3.39. The van der Waals surface area contributed by atoms with E-state index in [-0.39, 0.29) is 24.3 Å². The number of Topliss-reactive ketones (excluding diaryl/α,β-unsaturated/α-hetero) is 2. The van der Waals surface area contributed by atoms with Crippen LogP contribution in [-0.2, 0) is 10.2 Å². The molecule has 8 nitrogen and oxygen atoms in total. The molecule has 4 aliphatic heterocycles. The summed E-state index contributed by atoms with van der Waals surface area (Å²) in [4.78, 5) is 46.5. The molecule has 0 aliphatic carbocycles. The van der Waals surface area contributed by atoms with Gasteiger partial charge in [0.15, 0.2) is 23.1 Å². The molecule has 0 bridgehead atoms. The summed E-state index contributed by atoms with van der Waals surface area (Å²) < 4.78 is 16.6. The largest absolute Gasteiger partial charge is 0.497 e. The van der Waals surface area contributed by atoms with Gasteiger partial charge in [0, 0.05) is 28.1 Å². The number of nitrogens with zero attached hydrogens (tertiary/aromatic N) is 1. The van der Waals surface area contributed by atoms with E-state index in [0.29, 0.717) is 39.6 Å². The Bertz CT molecular complexity index is 1930. The van der Waals surface area contributed by atoms with Crippen molar-refractivity contribution in [1.29, 1.82) is 0 Å². The Morgan fingerprint density at radius 2 is 1.66 bits per heavy atom. The Labute approximate surface area is 253 Å². The van der Waals surface area contributed by atoms with E-state index >= 15 is 4.79 Å². The monoisotopic (exact) mass is 584 g/mol. The molecule has 4 aromatic carbocycles. The van der Waals surface area contributed by atoms with Crippen molar-refractivity contribution in [2.45, 2.75) is 24.4 Å². The maximum Gasteiger partial charge on any atom is 0.238 e. The first kappa shape index (κ1) is 26.3. The predicted octanol–water partition coefficient (Wildman–Crippen LogP) is 5.67. The molecule has 218 valence electrons. The standard InChI is InChI=1S/C36H28N2O6/c1-20-16-30-36(25-11-4-5-12-26(25)37-35(36)41)31(33(39)22-14-15-28-29(18-22)44-19-43-28)32(38(30)27-13-6-3-10-24(20)27)34(40)21-8-7-9-23(17-21)42-2/h3-18,30-32H,19H2,1-2H3,(H,37,41)/t30-,31-,32+,36+/m0/s1. The number of carbonyl (C=O) groups excluding carboxylic acids is 3. The lowest BCUT2D eigenvalue weighted by atomic mass is 9.64. The van der Waals surface area contributed by atoms with Gasteiger partial charge in [0.1, 0.15) is 17.2 Å². The van der Waals surface area contributed by atoms with Crippen molar-refractivity contribution in [3.63, 3.8) is 0 Å². The minimum Gasteiger partial charge on any atom is -0.497 e. The van der Waals surface area contributed by atoms with E-state index in [4.69, 9.17) is 14.2 Å². The van der Waals surface area contributed by atoms with Crippen molar-refractivity contribution >= 4 is 34.4 Å². The summed E-state index contributed by atoms with van der Waals surface area (Å²) in [5, 5.41) is 3.07. The smallest absolute Gasteiger partial charge is 0.238 e. The van der Waals surface area contributed by atoms with Gasteiger partial charge in [-0.15, -0.1) is 0 Å². The molecule has 8 heteroatoms. The van der Waals surface area contributed by atoms with Crippen LogP contribution >= 0.6 is 0 Å². The predicted molar refractivity (Wildman–Crippen MR) is 165 cm³/mol. The molecule has 4 atom stereocenters. The molecule has 1 N–H and O–H groups in total. The average molecular weight is 585 g/mol. The highest BCUT2D eigenvalue weighted by Gasteiger charge is 2.70. The van der Waals surface area contributed by atoms with Crippen molar-refractivity contribution in [3.05, 3.63) is 119 Å². The number of hydrogen-bond acceptors (Lipinski definition) is 7. The Morgan fingerprint density at radius 3 is 2.52 bits per heavy atom. The lowest BCUT2D eigenvalue weighted by Gasteiger charge is -2.39. The fourth-order valence-corrected chi connectivity index (χ4v) is 7.56. The molecule has 0 unspecified atom stereocenters. The number of nitrogens with one attached hydrogen (secondary N) is 1. The molecule has 8 rings (SSSR count). The number of benzene rings is 4. The summed E-state index contributed by atoms with van der Waals surface area (Å²) in [7, 11) is 1.55. The van der Waals surface area contributed by atoms with E-state index in [1.807, 2.05) is 66.4 Å². The Hall–Kier alpha value is -5.37. The van der Waals surface area contributed by atoms with Crippen molar-refractivity contribution in [3.8, 4) is 17.2 Å². The summed E-state index contributed by atoms with van der Waals surface area (Å²) >= 11 is 0. The van der Waals surface area contributed by atoms with Crippen LogP contribution in [0.3, 0.4) is 0 Å². The molecule has 1 spiro atoms. The van der Waals surface area contributed by atoms with Crippen LogP contribution in [0.25, 0.3) is 5.57 Å². The summed E-state index contributed by atoms with van der Waals surface area (Å²) in [5.74, 6) is -0.478. The third-order valence-electron chi connectivity index (χ3n) is 9.45. The van der Waals surface area contributed by atoms with Crippen LogP contribution in [0.1, 0.15) is 38.8 Å². The highest BCUT2D eigenvalue weighted by atomic mass is 16.7. The molecule has 0 aromatic heterocycles. The molecule has 4 aromatic rings. The molecular weight excluding hydrogens is 556 g/mol. The molecule has 0 radical (unpaired) electrons. The molecule has 4 heterocycles. The number of ether oxygens (including phenoxy) is 3. The van der Waals surface area contributed by atoms with Gasteiger partial charge >= 0.3 is 0 Å². The van der Waals surface area contributed by atoms with Crippen LogP contribution in [0, 0.1) is 5.92 Å². The summed E-state index contributed by atoms with van der Waals surface area (Å²) in [6, 6.07) is 25.6. The first-order chi connectivity index (χ1) is 21.4. The molecule has 1 amide bonds. The zero-order valence-electron chi connectivity index (χ0n) is 24.1. The number of carbonyl (C=O) groups is 3. The lowest BCUT2D eigenvalue weighted by Crippen LogP contribution is -2.51. The van der Waals surface area contributed by atoms with Gasteiger partial charge in [-0.25, -0.2) is 0 Å². The first-order valence-corrected chi connectivity index (χ1v) is 14.5. The second-order valence-electron chi connectivity index (χ2n) is 11.5. The second-order valence-corrected chi connectivity index (χ2v) is 11.5. The fourth-order valence-electron chi connectivity index (χ4n) is 7.56. The van der Waals surface area contributed by atoms with Gasteiger partial charge in [0.2, 0.25) is 12.7 Å². The normalized spacial score (nSPS) is 23.9. The highest BCUT2D eigenvalue weighted by molar-refractivity contribution is 6.18. The highest BCUT2D eigenvalue weighted by Crippen LogP contribution is 2.59. The fraction of sp³-hybridized carbons (Fsp3) is 0.194. The molecule has 44 heavy (non-hydrogen) atoms. The number of amides is 1. The number of para-hydroxylation sites is 2. The minimum absolute atomic E-state index is 0.0593. The van der Waals surface area contributed by atoms with Crippen molar-refractivity contribution in [2.75, 3.05) is 24.1 Å². The second kappa shape index (κ2) is 9.57. The van der Waals surface area contributed by atoms with Crippen LogP contribution < -0.4 is 24.4 Å². The number of fused-ring (bicyclic) bond motifs is 7. The van der Waals surface area contributed by atoms with E-state index in [2.05, 4.69) is 5.32 Å². The van der Waals surface area contributed by atoms with Crippen LogP contribution in [-0.4, -0.2) is 43.5 Å². The number of allylic oxidation sites excluding steroid dienone is 1. The van der Waals surface area contributed by atoms with Gasteiger partial charge in [-0.1, -0.05) is 54.6 Å². The Kier molecular flexibility index (Phi) is 5.71. The van der Waals surface area contributed by atoms with Gasteiger partial charge in [0.25, 0.3) is 0 Å². The first-order valence-electron chi connectivity index (χ1n) is 14.5. The maximum atomic E-state index is 15.1. The summed E-state index contributed by atoms with van der Waals surface area (Å²) in [6.45, 7) is 2.07. The van der Waals surface area contributed by atoms with E-state index in [9.17, 15) is 9.59 Å². The Balaban J connectivity index is 1.42.